The molecule has 0 spiro atoms. The number of H-pyrrole nitrogens is 1. The Labute approximate surface area is 190 Å². The maximum atomic E-state index is 13.2. The van der Waals surface area contributed by atoms with Gasteiger partial charge in [-0.15, -0.1) is 11.3 Å². The van der Waals surface area contributed by atoms with Crippen LogP contribution in [0.15, 0.2) is 18.3 Å². The standard InChI is InChI=1S/C22H28N8OS/c1-4-30(22(31)13-6-9-28(2)10-7-13)12-17-26-18-19(29(17)3)20-15(25-21(18)23)11-16(32-20)14-5-8-24-27-14/h5,8,11,13H,4,6-7,9-10,12H2,1-3H3,(H2,23,25)(H,24,27). The van der Waals surface area contributed by atoms with Crippen molar-refractivity contribution in [2.24, 2.45) is 13.0 Å². The molecule has 4 aromatic rings. The van der Waals surface area contributed by atoms with Gasteiger partial charge in [0.25, 0.3) is 0 Å². The van der Waals surface area contributed by atoms with Crippen molar-refractivity contribution in [1.82, 2.24) is 34.5 Å². The molecule has 10 heteroatoms. The zero-order valence-corrected chi connectivity index (χ0v) is 19.4. The number of nitrogens with zero attached hydrogens (tertiary/aromatic N) is 6. The molecule has 4 aromatic heterocycles. The molecule has 1 saturated heterocycles. The molecule has 0 atom stereocenters. The average molecular weight is 453 g/mol. The Morgan fingerprint density at radius 2 is 2.09 bits per heavy atom. The van der Waals surface area contributed by atoms with Crippen LogP contribution < -0.4 is 5.73 Å². The monoisotopic (exact) mass is 452 g/mol. The number of aromatic nitrogens is 5. The van der Waals surface area contributed by atoms with Gasteiger partial charge in [-0.25, -0.2) is 9.97 Å². The molecule has 5 rings (SSSR count). The summed E-state index contributed by atoms with van der Waals surface area (Å²) in [5.41, 5.74) is 9.65. The number of hydrogen-bond acceptors (Lipinski definition) is 7. The number of aryl methyl sites for hydroxylation is 1. The number of carbonyl (C=O) groups excluding carboxylic acids is 1. The van der Waals surface area contributed by atoms with Crippen LogP contribution >= 0.6 is 11.3 Å². The molecule has 168 valence electrons. The number of nitrogens with two attached hydrogens (primary N) is 1. The highest BCUT2D eigenvalue weighted by Gasteiger charge is 2.28. The van der Waals surface area contributed by atoms with Gasteiger partial charge in [0.15, 0.2) is 5.82 Å². The van der Waals surface area contributed by atoms with Gasteiger partial charge < -0.3 is 20.1 Å². The highest BCUT2D eigenvalue weighted by Crippen LogP contribution is 2.38. The zero-order valence-electron chi connectivity index (χ0n) is 18.6. The molecule has 0 aliphatic carbocycles. The van der Waals surface area contributed by atoms with Crippen LogP contribution in [0.4, 0.5) is 5.82 Å². The Morgan fingerprint density at radius 3 is 2.78 bits per heavy atom. The van der Waals surface area contributed by atoms with E-state index < -0.39 is 0 Å². The number of fused-ring (bicyclic) bond motifs is 3. The number of nitrogens with one attached hydrogen (secondary N) is 1. The molecular weight excluding hydrogens is 424 g/mol. The minimum Gasteiger partial charge on any atom is -0.382 e. The van der Waals surface area contributed by atoms with Gasteiger partial charge in [-0.05, 0) is 52.0 Å². The van der Waals surface area contributed by atoms with Crippen LogP contribution in [0.25, 0.3) is 31.8 Å². The topological polar surface area (TPSA) is 109 Å². The molecule has 1 amide bonds. The summed E-state index contributed by atoms with van der Waals surface area (Å²) in [5.74, 6) is 1.54. The number of likely N-dealkylation sites (tertiary alicyclic amines) is 1. The molecule has 1 aliphatic rings. The Balaban J connectivity index is 1.50. The van der Waals surface area contributed by atoms with Crippen LogP contribution in [0.2, 0.25) is 0 Å². The number of hydrogen-bond donors (Lipinski definition) is 2. The first-order chi connectivity index (χ1) is 15.5. The van der Waals surface area contributed by atoms with Crippen LogP contribution in [0, 0.1) is 5.92 Å². The van der Waals surface area contributed by atoms with Crippen molar-refractivity contribution in [2.75, 3.05) is 32.4 Å². The lowest BCUT2D eigenvalue weighted by Crippen LogP contribution is -2.41. The van der Waals surface area contributed by atoms with Gasteiger partial charge >= 0.3 is 0 Å². The number of piperidine rings is 1. The van der Waals surface area contributed by atoms with E-state index in [4.69, 9.17) is 10.7 Å². The third-order valence-electron chi connectivity index (χ3n) is 6.45. The summed E-state index contributed by atoms with van der Waals surface area (Å²) < 4.78 is 3.09. The number of thiophene rings is 1. The predicted octanol–water partition coefficient (Wildman–Crippen LogP) is 2.85. The Hall–Kier alpha value is -2.98. The highest BCUT2D eigenvalue weighted by molar-refractivity contribution is 7.23. The number of amides is 1. The van der Waals surface area contributed by atoms with Crippen LogP contribution in [0.5, 0.6) is 0 Å². The maximum Gasteiger partial charge on any atom is 0.226 e. The van der Waals surface area contributed by atoms with Crippen LogP contribution in [0.3, 0.4) is 0 Å². The number of carbonyl (C=O) groups is 1. The maximum absolute atomic E-state index is 13.2. The molecule has 9 nitrogen and oxygen atoms in total. The second-order valence-corrected chi connectivity index (χ2v) is 9.55. The molecule has 32 heavy (non-hydrogen) atoms. The third kappa shape index (κ3) is 3.53. The summed E-state index contributed by atoms with van der Waals surface area (Å²) in [6, 6.07) is 3.95. The van der Waals surface area contributed by atoms with Gasteiger partial charge in [-0.2, -0.15) is 5.10 Å². The van der Waals surface area contributed by atoms with E-state index in [9.17, 15) is 4.79 Å². The van der Waals surface area contributed by atoms with Gasteiger partial charge in [-0.3, -0.25) is 9.89 Å². The summed E-state index contributed by atoms with van der Waals surface area (Å²) in [4.78, 5) is 27.8. The van der Waals surface area contributed by atoms with Crippen molar-refractivity contribution in [2.45, 2.75) is 26.3 Å². The van der Waals surface area contributed by atoms with Crippen LogP contribution in [-0.4, -0.2) is 67.1 Å². The highest BCUT2D eigenvalue weighted by atomic mass is 32.1. The minimum atomic E-state index is 0.0907. The second kappa shape index (κ2) is 8.18. The van der Waals surface area contributed by atoms with E-state index in [2.05, 4.69) is 31.7 Å². The van der Waals surface area contributed by atoms with E-state index in [0.717, 1.165) is 58.1 Å². The lowest BCUT2D eigenvalue weighted by atomic mass is 9.95. The molecule has 1 aliphatic heterocycles. The Bertz CT molecular complexity index is 1270. The minimum absolute atomic E-state index is 0.0907. The fraction of sp³-hybridized carbons (Fsp3) is 0.455. The van der Waals surface area contributed by atoms with Crippen LogP contribution in [0.1, 0.15) is 25.6 Å². The number of pyridine rings is 1. The first kappa shape index (κ1) is 20.9. The molecule has 0 bridgehead atoms. The largest absolute Gasteiger partial charge is 0.382 e. The fourth-order valence-corrected chi connectivity index (χ4v) is 5.64. The van der Waals surface area contributed by atoms with E-state index in [1.54, 1.807) is 17.5 Å². The molecule has 0 radical (unpaired) electrons. The quantitative estimate of drug-likeness (QED) is 0.482. The van der Waals surface area contributed by atoms with Crippen molar-refractivity contribution < 1.29 is 4.79 Å². The Morgan fingerprint density at radius 1 is 1.31 bits per heavy atom. The molecular formula is C22H28N8OS. The van der Waals surface area contributed by atoms with Crippen molar-refractivity contribution in [3.8, 4) is 10.6 Å². The molecule has 5 heterocycles. The zero-order chi connectivity index (χ0) is 22.4. The lowest BCUT2D eigenvalue weighted by molar-refractivity contribution is -0.137. The fourth-order valence-electron chi connectivity index (χ4n) is 4.50. The van der Waals surface area contributed by atoms with Crippen molar-refractivity contribution >= 4 is 44.3 Å². The van der Waals surface area contributed by atoms with E-state index in [1.807, 2.05) is 31.0 Å². The summed E-state index contributed by atoms with van der Waals surface area (Å²) in [7, 11) is 4.10. The molecule has 0 saturated carbocycles. The van der Waals surface area contributed by atoms with Crippen molar-refractivity contribution in [3.63, 3.8) is 0 Å². The third-order valence-corrected chi connectivity index (χ3v) is 7.60. The van der Waals surface area contributed by atoms with E-state index in [1.165, 1.54) is 0 Å². The summed E-state index contributed by atoms with van der Waals surface area (Å²) in [6.07, 6.45) is 3.63. The van der Waals surface area contributed by atoms with E-state index >= 15 is 0 Å². The number of anilines is 1. The molecule has 1 fully saturated rings. The first-order valence-corrected chi connectivity index (χ1v) is 11.8. The van der Waals surface area contributed by atoms with Crippen LogP contribution in [-0.2, 0) is 18.4 Å². The lowest BCUT2D eigenvalue weighted by Gasteiger charge is -2.32. The van der Waals surface area contributed by atoms with Gasteiger partial charge in [0.2, 0.25) is 5.91 Å². The second-order valence-electron chi connectivity index (χ2n) is 8.50. The number of aromatic amines is 1. The summed E-state index contributed by atoms with van der Waals surface area (Å²) in [6.45, 7) is 5.08. The van der Waals surface area contributed by atoms with E-state index in [0.29, 0.717) is 24.4 Å². The van der Waals surface area contributed by atoms with Gasteiger partial charge in [-0.1, -0.05) is 0 Å². The SMILES string of the molecule is CCN(Cc1nc2c(N)nc3cc(-c4cc[nH]n4)sc3c2n1C)C(=O)C1CCN(C)CC1. The van der Waals surface area contributed by atoms with Gasteiger partial charge in [0, 0.05) is 25.7 Å². The predicted molar refractivity (Wildman–Crippen MR) is 127 cm³/mol. The van der Waals surface area contributed by atoms with Gasteiger partial charge in [0.1, 0.15) is 17.0 Å². The summed E-state index contributed by atoms with van der Waals surface area (Å²) in [5, 5.41) is 7.15. The smallest absolute Gasteiger partial charge is 0.226 e. The number of imidazole rings is 1. The average Bonchev–Trinajstić information content (AvgIpc) is 3.51. The summed E-state index contributed by atoms with van der Waals surface area (Å²) >= 11 is 1.63. The Kier molecular flexibility index (Phi) is 5.34. The molecule has 0 aromatic carbocycles. The van der Waals surface area contributed by atoms with Gasteiger partial charge in [0.05, 0.1) is 27.2 Å². The number of nitrogen functional groups attached to an aromatic ring is 1. The van der Waals surface area contributed by atoms with Crippen molar-refractivity contribution in [3.05, 3.63) is 24.2 Å². The van der Waals surface area contributed by atoms with Crippen molar-refractivity contribution in [1.29, 1.82) is 0 Å². The number of rotatable bonds is 5. The normalized spacial score (nSPS) is 15.7. The molecule has 3 N–H and O–H groups in total. The van der Waals surface area contributed by atoms with E-state index in [-0.39, 0.29) is 11.8 Å². The first-order valence-electron chi connectivity index (χ1n) is 11.0. The molecule has 0 unspecified atom stereocenters.